The van der Waals surface area contributed by atoms with Crippen molar-refractivity contribution in [2.75, 3.05) is 24.5 Å². The summed E-state index contributed by atoms with van der Waals surface area (Å²) in [5, 5.41) is 12.5. The van der Waals surface area contributed by atoms with Crippen LogP contribution in [0.3, 0.4) is 0 Å². The maximum atomic E-state index is 12.5. The predicted octanol–water partition coefficient (Wildman–Crippen LogP) is 1.84. The lowest BCUT2D eigenvalue weighted by molar-refractivity contribution is -0.151. The van der Waals surface area contributed by atoms with E-state index in [2.05, 4.69) is 20.2 Å². The Bertz CT molecular complexity index is 594. The zero-order valence-electron chi connectivity index (χ0n) is 14.5. The number of aliphatic carboxylic acids is 1. The summed E-state index contributed by atoms with van der Waals surface area (Å²) in [4.78, 5) is 34.7. The Hall–Kier alpha value is -2.18. The van der Waals surface area contributed by atoms with Gasteiger partial charge in [-0.1, -0.05) is 19.3 Å². The molecule has 136 valence electrons. The first-order chi connectivity index (χ1) is 12.1. The molecule has 2 heterocycles. The van der Waals surface area contributed by atoms with Crippen molar-refractivity contribution in [3.05, 3.63) is 18.6 Å². The molecule has 0 aromatic carbocycles. The second-order valence-corrected chi connectivity index (χ2v) is 7.19. The van der Waals surface area contributed by atoms with E-state index in [-0.39, 0.29) is 18.4 Å². The molecule has 1 aliphatic heterocycles. The van der Waals surface area contributed by atoms with Crippen LogP contribution in [0.2, 0.25) is 0 Å². The highest BCUT2D eigenvalue weighted by Gasteiger charge is 2.40. The number of carbonyl (C=O) groups excluding carboxylic acids is 1. The van der Waals surface area contributed by atoms with E-state index >= 15 is 0 Å². The topological polar surface area (TPSA) is 95.4 Å². The van der Waals surface area contributed by atoms with E-state index in [1.165, 1.54) is 0 Å². The van der Waals surface area contributed by atoms with E-state index < -0.39 is 11.4 Å². The molecule has 1 saturated heterocycles. The smallest absolute Gasteiger partial charge is 0.311 e. The first-order valence-electron chi connectivity index (χ1n) is 9.13. The van der Waals surface area contributed by atoms with Gasteiger partial charge >= 0.3 is 5.97 Å². The van der Waals surface area contributed by atoms with E-state index in [0.717, 1.165) is 51.0 Å². The molecule has 1 amide bonds. The average Bonchev–Trinajstić information content (AvgIpc) is 2.67. The van der Waals surface area contributed by atoms with Crippen molar-refractivity contribution in [2.45, 2.75) is 44.9 Å². The average molecular weight is 346 g/mol. The maximum absolute atomic E-state index is 12.5. The maximum Gasteiger partial charge on any atom is 0.311 e. The van der Waals surface area contributed by atoms with Crippen LogP contribution in [0.4, 0.5) is 5.82 Å². The molecule has 7 nitrogen and oxygen atoms in total. The molecule has 1 saturated carbocycles. The number of nitrogens with zero attached hydrogens (tertiary/aromatic N) is 3. The summed E-state index contributed by atoms with van der Waals surface area (Å²) in [5.41, 5.74) is -0.770. The number of carboxylic acids is 1. The Morgan fingerprint density at radius 2 is 1.92 bits per heavy atom. The largest absolute Gasteiger partial charge is 0.481 e. The number of carboxylic acid groups (broad SMARTS) is 1. The first-order valence-corrected chi connectivity index (χ1v) is 9.13. The van der Waals surface area contributed by atoms with Crippen molar-refractivity contribution in [1.29, 1.82) is 0 Å². The molecular weight excluding hydrogens is 320 g/mol. The van der Waals surface area contributed by atoms with Gasteiger partial charge in [-0.15, -0.1) is 0 Å². The first kappa shape index (κ1) is 17.6. The molecule has 0 bridgehead atoms. The fourth-order valence-electron chi connectivity index (χ4n) is 3.92. The molecule has 2 fully saturated rings. The van der Waals surface area contributed by atoms with Crippen molar-refractivity contribution < 1.29 is 14.7 Å². The van der Waals surface area contributed by atoms with Crippen molar-refractivity contribution in [1.82, 2.24) is 15.3 Å². The standard InChI is InChI=1S/C18H26N4O3/c23-16(21-13-18(17(24)25)6-2-1-3-7-18)14-4-10-22(11-5-14)15-12-19-8-9-20-15/h8-9,12,14H,1-7,10-11,13H2,(H,21,23)(H,24,25). The number of piperidine rings is 1. The van der Waals surface area contributed by atoms with Crippen LogP contribution < -0.4 is 10.2 Å². The highest BCUT2D eigenvalue weighted by atomic mass is 16.4. The van der Waals surface area contributed by atoms with E-state index in [0.29, 0.717) is 12.8 Å². The third-order valence-electron chi connectivity index (χ3n) is 5.60. The van der Waals surface area contributed by atoms with Crippen LogP contribution in [0.15, 0.2) is 18.6 Å². The zero-order valence-corrected chi connectivity index (χ0v) is 14.5. The van der Waals surface area contributed by atoms with Gasteiger partial charge in [0.15, 0.2) is 0 Å². The van der Waals surface area contributed by atoms with E-state index in [1.807, 2.05) is 0 Å². The molecule has 2 aliphatic rings. The van der Waals surface area contributed by atoms with Gasteiger partial charge in [0.1, 0.15) is 5.82 Å². The second-order valence-electron chi connectivity index (χ2n) is 7.19. The summed E-state index contributed by atoms with van der Waals surface area (Å²) in [5.74, 6) is 0.00529. The molecule has 2 N–H and O–H groups in total. The summed E-state index contributed by atoms with van der Waals surface area (Å²) in [6, 6.07) is 0. The highest BCUT2D eigenvalue weighted by Crippen LogP contribution is 2.36. The minimum atomic E-state index is -0.773. The van der Waals surface area contributed by atoms with Gasteiger partial charge in [0.05, 0.1) is 11.6 Å². The van der Waals surface area contributed by atoms with Crippen LogP contribution in [0.1, 0.15) is 44.9 Å². The Morgan fingerprint density at radius 1 is 1.20 bits per heavy atom. The minimum absolute atomic E-state index is 0.00926. The van der Waals surface area contributed by atoms with E-state index in [4.69, 9.17) is 0 Å². The fraction of sp³-hybridized carbons (Fsp3) is 0.667. The lowest BCUT2D eigenvalue weighted by Crippen LogP contribution is -2.47. The number of rotatable bonds is 5. The normalized spacial score (nSPS) is 20.9. The Kier molecular flexibility index (Phi) is 5.50. The summed E-state index contributed by atoms with van der Waals surface area (Å²) < 4.78 is 0. The lowest BCUT2D eigenvalue weighted by atomic mass is 9.74. The summed E-state index contributed by atoms with van der Waals surface area (Å²) in [6.07, 6.45) is 10.8. The van der Waals surface area contributed by atoms with Gasteiger partial charge in [-0.25, -0.2) is 4.98 Å². The van der Waals surface area contributed by atoms with Crippen LogP contribution in [-0.2, 0) is 9.59 Å². The molecule has 1 aliphatic carbocycles. The summed E-state index contributed by atoms with van der Waals surface area (Å²) in [6.45, 7) is 1.78. The third kappa shape index (κ3) is 4.08. The van der Waals surface area contributed by atoms with Crippen molar-refractivity contribution in [3.8, 4) is 0 Å². The molecule has 1 aromatic heterocycles. The van der Waals surface area contributed by atoms with Crippen molar-refractivity contribution in [3.63, 3.8) is 0 Å². The Labute approximate surface area is 147 Å². The number of hydrogen-bond donors (Lipinski definition) is 2. The monoisotopic (exact) mass is 346 g/mol. The molecule has 3 rings (SSSR count). The van der Waals surface area contributed by atoms with E-state index in [9.17, 15) is 14.7 Å². The van der Waals surface area contributed by atoms with Gasteiger partial charge in [-0.05, 0) is 25.7 Å². The molecule has 0 unspecified atom stereocenters. The second kappa shape index (κ2) is 7.80. The number of hydrogen-bond acceptors (Lipinski definition) is 5. The van der Waals surface area contributed by atoms with Gasteiger partial charge in [0.25, 0.3) is 0 Å². The SMILES string of the molecule is O=C(NCC1(C(=O)O)CCCCC1)C1CCN(c2cnccn2)CC1. The third-order valence-corrected chi connectivity index (χ3v) is 5.60. The number of amides is 1. The Morgan fingerprint density at radius 3 is 2.52 bits per heavy atom. The lowest BCUT2D eigenvalue weighted by Gasteiger charge is -2.35. The number of anilines is 1. The van der Waals surface area contributed by atoms with Gasteiger partial charge in [-0.3, -0.25) is 14.6 Å². The van der Waals surface area contributed by atoms with Crippen LogP contribution in [0.5, 0.6) is 0 Å². The predicted molar refractivity (Wildman–Crippen MR) is 93.1 cm³/mol. The molecule has 0 spiro atoms. The number of aromatic nitrogens is 2. The van der Waals surface area contributed by atoms with Gasteiger partial charge in [-0.2, -0.15) is 0 Å². The van der Waals surface area contributed by atoms with Crippen LogP contribution >= 0.6 is 0 Å². The zero-order chi connectivity index (χ0) is 17.7. The summed E-state index contributed by atoms with van der Waals surface area (Å²) in [7, 11) is 0. The fourth-order valence-corrected chi connectivity index (χ4v) is 3.92. The molecule has 7 heteroatoms. The molecule has 1 aromatic rings. The van der Waals surface area contributed by atoms with Crippen LogP contribution in [-0.4, -0.2) is 46.6 Å². The summed E-state index contributed by atoms with van der Waals surface area (Å²) >= 11 is 0. The quantitative estimate of drug-likeness (QED) is 0.845. The minimum Gasteiger partial charge on any atom is -0.481 e. The van der Waals surface area contributed by atoms with Gasteiger partial charge in [0, 0.05) is 37.9 Å². The number of carbonyl (C=O) groups is 2. The van der Waals surface area contributed by atoms with Crippen LogP contribution in [0, 0.1) is 11.3 Å². The van der Waals surface area contributed by atoms with Crippen molar-refractivity contribution in [2.24, 2.45) is 11.3 Å². The van der Waals surface area contributed by atoms with Gasteiger partial charge in [0.2, 0.25) is 5.91 Å². The molecular formula is C18H26N4O3. The molecule has 0 radical (unpaired) electrons. The van der Waals surface area contributed by atoms with Gasteiger partial charge < -0.3 is 15.3 Å². The molecule has 25 heavy (non-hydrogen) atoms. The van der Waals surface area contributed by atoms with E-state index in [1.54, 1.807) is 18.6 Å². The Balaban J connectivity index is 1.50. The number of nitrogens with one attached hydrogen (secondary N) is 1. The van der Waals surface area contributed by atoms with Crippen LogP contribution in [0.25, 0.3) is 0 Å². The van der Waals surface area contributed by atoms with Crippen molar-refractivity contribution >= 4 is 17.7 Å². The molecule has 0 atom stereocenters. The highest BCUT2D eigenvalue weighted by molar-refractivity contribution is 5.81.